The second-order valence-corrected chi connectivity index (χ2v) is 7.70. The van der Waals surface area contributed by atoms with E-state index in [1.807, 2.05) is 43.6 Å². The Kier molecular flexibility index (Phi) is 4.77. The van der Waals surface area contributed by atoms with Gasteiger partial charge < -0.3 is 5.32 Å². The van der Waals surface area contributed by atoms with Gasteiger partial charge in [0.2, 0.25) is 0 Å². The Bertz CT molecular complexity index is 1210. The lowest BCUT2D eigenvalue weighted by atomic mass is 9.95. The highest BCUT2D eigenvalue weighted by Gasteiger charge is 2.26. The molecule has 0 unspecified atom stereocenters. The quantitative estimate of drug-likeness (QED) is 0.569. The van der Waals surface area contributed by atoms with Crippen LogP contribution in [0.25, 0.3) is 10.9 Å². The number of rotatable bonds is 4. The summed E-state index contributed by atoms with van der Waals surface area (Å²) in [4.78, 5) is 20.6. The molecule has 0 fully saturated rings. The number of nitrogens with one attached hydrogen (secondary N) is 1. The molecule has 1 aliphatic rings. The molecule has 6 heteroatoms. The Balaban J connectivity index is 1.53. The van der Waals surface area contributed by atoms with Crippen molar-refractivity contribution in [1.29, 1.82) is 0 Å². The summed E-state index contributed by atoms with van der Waals surface area (Å²) in [6.45, 7) is 2.48. The molecule has 3 heterocycles. The monoisotopic (exact) mass is 397 g/mol. The molecule has 1 N–H and O–H groups in total. The molecule has 0 saturated carbocycles. The molecule has 0 radical (unpaired) electrons. The maximum atomic E-state index is 13.4. The molecule has 2 aromatic carbocycles. The first-order valence-corrected chi connectivity index (χ1v) is 10.1. The molecule has 0 atom stereocenters. The largest absolute Gasteiger partial charge is 0.305 e. The molecule has 30 heavy (non-hydrogen) atoms. The van der Waals surface area contributed by atoms with Crippen LogP contribution in [0.1, 0.15) is 27.2 Å². The summed E-state index contributed by atoms with van der Waals surface area (Å²) in [5.41, 5.74) is 4.88. The van der Waals surface area contributed by atoms with Crippen LogP contribution in [0.5, 0.6) is 0 Å². The lowest BCUT2D eigenvalue weighted by Gasteiger charge is -2.30. The van der Waals surface area contributed by atoms with Crippen LogP contribution in [-0.2, 0) is 26.6 Å². The van der Waals surface area contributed by atoms with Gasteiger partial charge in [0.15, 0.2) is 5.82 Å². The molecular weight excluding hydrogens is 374 g/mol. The molecule has 0 spiro atoms. The van der Waals surface area contributed by atoms with Gasteiger partial charge in [-0.25, -0.2) is 0 Å². The van der Waals surface area contributed by atoms with Gasteiger partial charge in [-0.05, 0) is 11.6 Å². The summed E-state index contributed by atoms with van der Waals surface area (Å²) < 4.78 is 1.68. The number of pyridine rings is 1. The van der Waals surface area contributed by atoms with Crippen molar-refractivity contribution in [2.45, 2.75) is 19.5 Å². The topological polar surface area (TPSA) is 63.1 Å². The van der Waals surface area contributed by atoms with Crippen LogP contribution in [0.2, 0.25) is 0 Å². The van der Waals surface area contributed by atoms with Crippen molar-refractivity contribution in [3.8, 4) is 0 Å². The molecule has 0 bridgehead atoms. The van der Waals surface area contributed by atoms with Crippen molar-refractivity contribution in [2.24, 2.45) is 7.05 Å². The van der Waals surface area contributed by atoms with Gasteiger partial charge in [0.1, 0.15) is 0 Å². The molecule has 1 aliphatic heterocycles. The summed E-state index contributed by atoms with van der Waals surface area (Å²) in [5, 5.41) is 8.15. The SMILES string of the molecule is Cn1ccc(NC(=O)c2c3c(nc4ccccc24)CCN(Cc2ccccc2)C3)n1. The average Bonchev–Trinajstić information content (AvgIpc) is 3.17. The third kappa shape index (κ3) is 3.57. The van der Waals surface area contributed by atoms with E-state index in [1.54, 1.807) is 10.7 Å². The predicted molar refractivity (Wildman–Crippen MR) is 117 cm³/mol. The zero-order valence-corrected chi connectivity index (χ0v) is 16.9. The van der Waals surface area contributed by atoms with Crippen molar-refractivity contribution in [3.63, 3.8) is 0 Å². The highest BCUT2D eigenvalue weighted by molar-refractivity contribution is 6.13. The highest BCUT2D eigenvalue weighted by Crippen LogP contribution is 2.29. The first kappa shape index (κ1) is 18.5. The van der Waals surface area contributed by atoms with Crippen LogP contribution in [0.15, 0.2) is 66.9 Å². The molecule has 0 saturated heterocycles. The van der Waals surface area contributed by atoms with Crippen molar-refractivity contribution in [2.75, 3.05) is 11.9 Å². The number of amides is 1. The lowest BCUT2D eigenvalue weighted by Crippen LogP contribution is -2.33. The van der Waals surface area contributed by atoms with E-state index in [4.69, 9.17) is 4.98 Å². The maximum Gasteiger partial charge on any atom is 0.257 e. The number of hydrogen-bond acceptors (Lipinski definition) is 4. The fraction of sp³-hybridized carbons (Fsp3) is 0.208. The first-order chi connectivity index (χ1) is 14.7. The van der Waals surface area contributed by atoms with E-state index in [0.29, 0.717) is 17.9 Å². The zero-order valence-electron chi connectivity index (χ0n) is 16.9. The fourth-order valence-electron chi connectivity index (χ4n) is 4.14. The molecule has 0 aliphatic carbocycles. The second kappa shape index (κ2) is 7.72. The van der Waals surface area contributed by atoms with E-state index in [9.17, 15) is 4.79 Å². The Morgan fingerprint density at radius 2 is 1.87 bits per heavy atom. The van der Waals surface area contributed by atoms with E-state index in [2.05, 4.69) is 39.6 Å². The van der Waals surface area contributed by atoms with Gasteiger partial charge >= 0.3 is 0 Å². The summed E-state index contributed by atoms with van der Waals surface area (Å²) in [5.74, 6) is 0.416. The van der Waals surface area contributed by atoms with E-state index in [0.717, 1.165) is 41.7 Å². The van der Waals surface area contributed by atoms with Crippen molar-refractivity contribution >= 4 is 22.6 Å². The van der Waals surface area contributed by atoms with Crippen LogP contribution in [0.3, 0.4) is 0 Å². The summed E-state index contributed by atoms with van der Waals surface area (Å²) in [7, 11) is 1.83. The number of para-hydroxylation sites is 1. The first-order valence-electron chi connectivity index (χ1n) is 10.1. The fourth-order valence-corrected chi connectivity index (χ4v) is 4.14. The number of carbonyl (C=O) groups excluding carboxylic acids is 1. The number of fused-ring (bicyclic) bond motifs is 2. The second-order valence-electron chi connectivity index (χ2n) is 7.70. The number of aromatic nitrogens is 3. The summed E-state index contributed by atoms with van der Waals surface area (Å²) >= 11 is 0. The normalized spacial score (nSPS) is 13.9. The number of nitrogens with zero attached hydrogens (tertiary/aromatic N) is 4. The summed E-state index contributed by atoms with van der Waals surface area (Å²) in [6.07, 6.45) is 2.65. The third-order valence-electron chi connectivity index (χ3n) is 5.56. The Labute approximate surface area is 175 Å². The molecular formula is C24H23N5O. The third-order valence-corrected chi connectivity index (χ3v) is 5.56. The number of anilines is 1. The van der Waals surface area contributed by atoms with Crippen molar-refractivity contribution < 1.29 is 4.79 Å². The van der Waals surface area contributed by atoms with Crippen LogP contribution < -0.4 is 5.32 Å². The summed E-state index contributed by atoms with van der Waals surface area (Å²) in [6, 6.07) is 20.1. The van der Waals surface area contributed by atoms with Gasteiger partial charge in [-0.2, -0.15) is 5.10 Å². The Hall–Kier alpha value is -3.51. The molecule has 150 valence electrons. The van der Waals surface area contributed by atoms with Crippen LogP contribution in [0, 0.1) is 0 Å². The van der Waals surface area contributed by atoms with Gasteiger partial charge in [0.05, 0.1) is 11.1 Å². The molecule has 1 amide bonds. The van der Waals surface area contributed by atoms with E-state index >= 15 is 0 Å². The van der Waals surface area contributed by atoms with Crippen molar-refractivity contribution in [3.05, 3.63) is 89.2 Å². The molecule has 4 aromatic rings. The number of hydrogen-bond donors (Lipinski definition) is 1. The van der Waals surface area contributed by atoms with Gasteiger partial charge in [0.25, 0.3) is 5.91 Å². The maximum absolute atomic E-state index is 13.4. The van der Waals surface area contributed by atoms with Gasteiger partial charge in [-0.15, -0.1) is 0 Å². The molecule has 2 aromatic heterocycles. The Morgan fingerprint density at radius 1 is 1.07 bits per heavy atom. The highest BCUT2D eigenvalue weighted by atomic mass is 16.1. The minimum atomic E-state index is -0.134. The molecule has 6 nitrogen and oxygen atoms in total. The zero-order chi connectivity index (χ0) is 20.5. The van der Waals surface area contributed by atoms with Crippen LogP contribution in [-0.4, -0.2) is 32.1 Å². The molecule has 5 rings (SSSR count). The van der Waals surface area contributed by atoms with Crippen LogP contribution >= 0.6 is 0 Å². The van der Waals surface area contributed by atoms with Crippen LogP contribution in [0.4, 0.5) is 5.82 Å². The minimum absolute atomic E-state index is 0.134. The number of carbonyl (C=O) groups is 1. The van der Waals surface area contributed by atoms with Gasteiger partial charge in [-0.1, -0.05) is 48.5 Å². The smallest absolute Gasteiger partial charge is 0.257 e. The Morgan fingerprint density at radius 3 is 2.67 bits per heavy atom. The number of benzene rings is 2. The number of aryl methyl sites for hydroxylation is 1. The van der Waals surface area contributed by atoms with Gasteiger partial charge in [-0.3, -0.25) is 19.4 Å². The minimum Gasteiger partial charge on any atom is -0.305 e. The van der Waals surface area contributed by atoms with E-state index < -0.39 is 0 Å². The average molecular weight is 397 g/mol. The lowest BCUT2D eigenvalue weighted by molar-refractivity contribution is 0.102. The predicted octanol–water partition coefficient (Wildman–Crippen LogP) is 3.78. The van der Waals surface area contributed by atoms with E-state index in [1.165, 1.54) is 5.56 Å². The van der Waals surface area contributed by atoms with Gasteiger partial charge in [0, 0.05) is 62.0 Å². The van der Waals surface area contributed by atoms with Crippen molar-refractivity contribution in [1.82, 2.24) is 19.7 Å². The van der Waals surface area contributed by atoms with E-state index in [-0.39, 0.29) is 5.91 Å². The standard InChI is InChI=1S/C24H23N5O/c1-28-13-12-22(27-28)26-24(30)23-18-9-5-6-10-20(18)25-21-11-14-29(16-19(21)23)15-17-7-3-2-4-8-17/h2-10,12-13H,11,14-16H2,1H3,(H,26,27,30).